The van der Waals surface area contributed by atoms with Gasteiger partial charge in [-0.1, -0.05) is 37.3 Å². The van der Waals surface area contributed by atoms with E-state index in [0.29, 0.717) is 25.6 Å². The molecule has 1 aromatic carbocycles. The monoisotopic (exact) mass is 464 g/mol. The molecule has 0 radical (unpaired) electrons. The van der Waals surface area contributed by atoms with Crippen LogP contribution in [0, 0.1) is 13.8 Å². The molecule has 5 rings (SSSR count). The minimum absolute atomic E-state index is 0.0445. The second-order valence-electron chi connectivity index (χ2n) is 10.3. The highest BCUT2D eigenvalue weighted by atomic mass is 16.3. The summed E-state index contributed by atoms with van der Waals surface area (Å²) in [6, 6.07) is 6.63. The molecule has 8 nitrogen and oxygen atoms in total. The Morgan fingerprint density at radius 2 is 1.91 bits per heavy atom. The number of H-pyrrole nitrogens is 1. The molecule has 2 aliphatic rings. The number of aliphatic hydroxyl groups is 1. The molecule has 2 aromatic heterocycles. The summed E-state index contributed by atoms with van der Waals surface area (Å²) in [4.78, 5) is 18.7. The van der Waals surface area contributed by atoms with E-state index in [9.17, 15) is 9.90 Å². The third kappa shape index (κ3) is 4.18. The molecule has 3 aromatic rings. The van der Waals surface area contributed by atoms with E-state index < -0.39 is 0 Å². The van der Waals surface area contributed by atoms with Gasteiger partial charge in [-0.05, 0) is 79.5 Å². The van der Waals surface area contributed by atoms with Gasteiger partial charge in [0.25, 0.3) is 5.56 Å². The standard InChI is InChI=1S/C26H36N6O2/c1-18-14-19(2)23-20(15-18)16-21(24(34)27-23)17-31(12-7-13-33)26(10-5-6-11-26)25-28-29-30-32(25)22-8-3-4-9-22/h14-16,22,33H,3-13,17H2,1-2H3,(H,27,34). The first-order valence-corrected chi connectivity index (χ1v) is 12.8. The Morgan fingerprint density at radius 1 is 1.15 bits per heavy atom. The van der Waals surface area contributed by atoms with Crippen molar-refractivity contribution in [3.8, 4) is 0 Å². The van der Waals surface area contributed by atoms with E-state index in [1.807, 2.05) is 13.0 Å². The van der Waals surface area contributed by atoms with Crippen molar-refractivity contribution < 1.29 is 5.11 Å². The third-order valence-corrected chi connectivity index (χ3v) is 7.93. The van der Waals surface area contributed by atoms with Crippen molar-refractivity contribution in [2.45, 2.75) is 89.8 Å². The van der Waals surface area contributed by atoms with Gasteiger partial charge in [-0.2, -0.15) is 0 Å². The summed E-state index contributed by atoms with van der Waals surface area (Å²) in [6.07, 6.45) is 9.48. The summed E-state index contributed by atoms with van der Waals surface area (Å²) >= 11 is 0. The van der Waals surface area contributed by atoms with Gasteiger partial charge >= 0.3 is 0 Å². The number of nitrogens with zero attached hydrogens (tertiary/aromatic N) is 5. The number of aryl methyl sites for hydroxylation is 2. The lowest BCUT2D eigenvalue weighted by molar-refractivity contribution is 0.0589. The molecule has 2 heterocycles. The lowest BCUT2D eigenvalue weighted by Gasteiger charge is -2.40. The van der Waals surface area contributed by atoms with Gasteiger partial charge in [-0.3, -0.25) is 9.69 Å². The fourth-order valence-electron chi connectivity index (χ4n) is 6.30. The van der Waals surface area contributed by atoms with Crippen LogP contribution in [0.5, 0.6) is 0 Å². The van der Waals surface area contributed by atoms with Crippen molar-refractivity contribution in [3.05, 3.63) is 51.1 Å². The van der Waals surface area contributed by atoms with Gasteiger partial charge < -0.3 is 10.1 Å². The molecule has 2 N–H and O–H groups in total. The van der Waals surface area contributed by atoms with E-state index in [0.717, 1.165) is 66.4 Å². The first kappa shape index (κ1) is 23.2. The Morgan fingerprint density at radius 3 is 2.65 bits per heavy atom. The number of fused-ring (bicyclic) bond motifs is 1. The molecule has 2 saturated carbocycles. The maximum atomic E-state index is 13.2. The van der Waals surface area contributed by atoms with Crippen molar-refractivity contribution in [3.63, 3.8) is 0 Å². The number of pyridine rings is 1. The van der Waals surface area contributed by atoms with Crippen LogP contribution in [-0.2, 0) is 12.1 Å². The highest BCUT2D eigenvalue weighted by Gasteiger charge is 2.46. The lowest BCUT2D eigenvalue weighted by Crippen LogP contribution is -2.47. The topological polar surface area (TPSA) is 99.9 Å². The van der Waals surface area contributed by atoms with Gasteiger partial charge in [-0.15, -0.1) is 5.10 Å². The molecule has 0 spiro atoms. The highest BCUT2D eigenvalue weighted by Crippen LogP contribution is 2.45. The molecule has 0 bridgehead atoms. The number of aromatic nitrogens is 5. The Kier molecular flexibility index (Phi) is 6.53. The summed E-state index contributed by atoms with van der Waals surface area (Å²) < 4.78 is 2.08. The molecular formula is C26H36N6O2. The van der Waals surface area contributed by atoms with E-state index in [1.165, 1.54) is 18.4 Å². The number of aromatic amines is 1. The Balaban J connectivity index is 1.56. The third-order valence-electron chi connectivity index (χ3n) is 7.93. The Bertz CT molecular complexity index is 1200. The van der Waals surface area contributed by atoms with E-state index in [4.69, 9.17) is 0 Å². The number of hydrogen-bond donors (Lipinski definition) is 2. The summed E-state index contributed by atoms with van der Waals surface area (Å²) in [5, 5.41) is 23.9. The number of benzene rings is 1. The van der Waals surface area contributed by atoms with Crippen LogP contribution in [-0.4, -0.2) is 48.3 Å². The molecule has 0 saturated heterocycles. The van der Waals surface area contributed by atoms with Gasteiger partial charge in [0.15, 0.2) is 5.82 Å². The quantitative estimate of drug-likeness (QED) is 0.524. The average molecular weight is 465 g/mol. The Hall–Kier alpha value is -2.58. The van der Waals surface area contributed by atoms with Gasteiger partial charge in [0, 0.05) is 25.3 Å². The molecule has 0 atom stereocenters. The average Bonchev–Trinajstić information content (AvgIpc) is 3.58. The van der Waals surface area contributed by atoms with Crippen LogP contribution in [0.4, 0.5) is 0 Å². The molecule has 2 fully saturated rings. The Labute approximate surface area is 200 Å². The van der Waals surface area contributed by atoms with Crippen LogP contribution in [0.3, 0.4) is 0 Å². The lowest BCUT2D eigenvalue weighted by atomic mass is 9.92. The van der Waals surface area contributed by atoms with Crippen LogP contribution in [0.15, 0.2) is 23.0 Å². The fourth-order valence-corrected chi connectivity index (χ4v) is 6.30. The smallest absolute Gasteiger partial charge is 0.252 e. The number of rotatable bonds is 8. The van der Waals surface area contributed by atoms with Crippen molar-refractivity contribution in [1.29, 1.82) is 0 Å². The van der Waals surface area contributed by atoms with Crippen molar-refractivity contribution in [2.24, 2.45) is 0 Å². The molecule has 0 unspecified atom stereocenters. The molecule has 0 aliphatic heterocycles. The van der Waals surface area contributed by atoms with Crippen LogP contribution in [0.25, 0.3) is 10.9 Å². The molecule has 0 amide bonds. The van der Waals surface area contributed by atoms with Gasteiger partial charge in [0.1, 0.15) is 0 Å². The summed E-state index contributed by atoms with van der Waals surface area (Å²) in [6.45, 7) is 5.44. The molecule has 2 aliphatic carbocycles. The molecule has 8 heteroatoms. The summed E-state index contributed by atoms with van der Waals surface area (Å²) in [5.41, 5.74) is 3.56. The zero-order chi connectivity index (χ0) is 23.7. The first-order chi connectivity index (χ1) is 16.5. The second kappa shape index (κ2) is 9.58. The van der Waals surface area contributed by atoms with Crippen LogP contribution in [0.1, 0.15) is 86.3 Å². The molecular weight excluding hydrogens is 428 g/mol. The maximum Gasteiger partial charge on any atom is 0.252 e. The van der Waals surface area contributed by atoms with Crippen molar-refractivity contribution >= 4 is 10.9 Å². The maximum absolute atomic E-state index is 13.2. The number of hydrogen-bond acceptors (Lipinski definition) is 6. The fraction of sp³-hybridized carbons (Fsp3) is 0.615. The van der Waals surface area contributed by atoms with Gasteiger partial charge in [0.2, 0.25) is 0 Å². The highest BCUT2D eigenvalue weighted by molar-refractivity contribution is 5.82. The van der Waals surface area contributed by atoms with Crippen LogP contribution < -0.4 is 5.56 Å². The van der Waals surface area contributed by atoms with E-state index in [2.05, 4.69) is 49.1 Å². The van der Waals surface area contributed by atoms with Crippen LogP contribution >= 0.6 is 0 Å². The zero-order valence-corrected chi connectivity index (χ0v) is 20.4. The largest absolute Gasteiger partial charge is 0.396 e. The minimum Gasteiger partial charge on any atom is -0.396 e. The SMILES string of the molecule is Cc1cc(C)c2[nH]c(=O)c(CN(CCCO)C3(c4nnnn4C4CCCC4)CCCC3)cc2c1. The van der Waals surface area contributed by atoms with Gasteiger partial charge in [0.05, 0.1) is 17.1 Å². The van der Waals surface area contributed by atoms with Crippen LogP contribution in [0.2, 0.25) is 0 Å². The first-order valence-electron chi connectivity index (χ1n) is 12.8. The number of tetrazole rings is 1. The van der Waals surface area contributed by atoms with E-state index in [1.54, 1.807) is 0 Å². The zero-order valence-electron chi connectivity index (χ0n) is 20.4. The van der Waals surface area contributed by atoms with Crippen molar-refractivity contribution in [1.82, 2.24) is 30.1 Å². The second-order valence-corrected chi connectivity index (χ2v) is 10.3. The minimum atomic E-state index is -0.314. The summed E-state index contributed by atoms with van der Waals surface area (Å²) in [7, 11) is 0. The predicted molar refractivity (Wildman–Crippen MR) is 132 cm³/mol. The van der Waals surface area contributed by atoms with E-state index >= 15 is 0 Å². The molecule has 182 valence electrons. The summed E-state index contributed by atoms with van der Waals surface area (Å²) in [5.74, 6) is 0.943. The predicted octanol–water partition coefficient (Wildman–Crippen LogP) is 3.90. The number of nitrogens with one attached hydrogen (secondary N) is 1. The normalized spacial score (nSPS) is 18.5. The molecule has 34 heavy (non-hydrogen) atoms. The number of aliphatic hydroxyl groups excluding tert-OH is 1. The van der Waals surface area contributed by atoms with Gasteiger partial charge in [-0.25, -0.2) is 4.68 Å². The van der Waals surface area contributed by atoms with E-state index in [-0.39, 0.29) is 17.7 Å². The van der Waals surface area contributed by atoms with Crippen molar-refractivity contribution in [2.75, 3.05) is 13.2 Å².